The maximum absolute atomic E-state index is 13.3. The number of anilines is 1. The van der Waals surface area contributed by atoms with Crippen molar-refractivity contribution in [1.82, 2.24) is 5.32 Å². The van der Waals surface area contributed by atoms with Gasteiger partial charge in [-0.05, 0) is 67.5 Å². The summed E-state index contributed by atoms with van der Waals surface area (Å²) in [6, 6.07) is 9.28. The molecular formula is C24H24N2O4. The van der Waals surface area contributed by atoms with Crippen LogP contribution in [0.1, 0.15) is 60.4 Å². The number of hydrogen-bond donors (Lipinski definition) is 2. The summed E-state index contributed by atoms with van der Waals surface area (Å²) in [6.45, 7) is 3.83. The third-order valence-electron chi connectivity index (χ3n) is 6.91. The number of carboxylic acids is 1. The number of carboxylic acid groups (broad SMARTS) is 1. The number of aliphatic carboxylic acids is 1. The molecule has 0 radical (unpaired) electrons. The highest BCUT2D eigenvalue weighted by Gasteiger charge is 2.40. The molecule has 0 bridgehead atoms. The minimum Gasteiger partial charge on any atom is -0.481 e. The molecule has 2 heterocycles. The second-order valence-electron chi connectivity index (χ2n) is 8.61. The molecule has 0 aromatic heterocycles. The van der Waals surface area contributed by atoms with Crippen LogP contribution < -0.4 is 10.2 Å². The van der Waals surface area contributed by atoms with E-state index in [1.165, 1.54) is 5.56 Å². The monoisotopic (exact) mass is 404 g/mol. The predicted octanol–water partition coefficient (Wildman–Crippen LogP) is 3.95. The lowest BCUT2D eigenvalue weighted by atomic mass is 9.77. The molecule has 2 aromatic carbocycles. The van der Waals surface area contributed by atoms with Crippen LogP contribution in [-0.4, -0.2) is 28.9 Å². The fourth-order valence-electron chi connectivity index (χ4n) is 5.35. The summed E-state index contributed by atoms with van der Waals surface area (Å²) < 4.78 is 0. The number of carbonyl (C=O) groups excluding carboxylic acids is 2. The Morgan fingerprint density at radius 1 is 1.07 bits per heavy atom. The Morgan fingerprint density at radius 2 is 1.83 bits per heavy atom. The second-order valence-corrected chi connectivity index (χ2v) is 8.61. The van der Waals surface area contributed by atoms with E-state index in [1.54, 1.807) is 4.90 Å². The third kappa shape index (κ3) is 2.82. The van der Waals surface area contributed by atoms with Crippen molar-refractivity contribution in [2.24, 2.45) is 5.92 Å². The van der Waals surface area contributed by atoms with Crippen molar-refractivity contribution in [2.75, 3.05) is 4.90 Å². The van der Waals surface area contributed by atoms with Crippen LogP contribution in [0, 0.1) is 5.92 Å². The number of hydrogen-bond acceptors (Lipinski definition) is 3. The Kier molecular flexibility index (Phi) is 4.38. The number of rotatable bonds is 3. The Bertz CT molecular complexity index is 1100. The molecule has 2 aliphatic heterocycles. The zero-order valence-electron chi connectivity index (χ0n) is 16.7. The minimum absolute atomic E-state index is 0.130. The number of amides is 2. The quantitative estimate of drug-likeness (QED) is 0.811. The van der Waals surface area contributed by atoms with E-state index < -0.39 is 12.0 Å². The van der Waals surface area contributed by atoms with Gasteiger partial charge in [-0.1, -0.05) is 24.8 Å². The smallest absolute Gasteiger partial charge is 0.306 e. The van der Waals surface area contributed by atoms with Gasteiger partial charge in [0.15, 0.2) is 0 Å². The topological polar surface area (TPSA) is 86.7 Å². The molecule has 1 unspecified atom stereocenters. The molecule has 3 aliphatic rings. The number of carbonyl (C=O) groups is 3. The molecule has 6 nitrogen and oxygen atoms in total. The highest BCUT2D eigenvalue weighted by atomic mass is 16.4. The van der Waals surface area contributed by atoms with Gasteiger partial charge in [0.05, 0.1) is 11.6 Å². The van der Waals surface area contributed by atoms with Gasteiger partial charge in [0, 0.05) is 16.6 Å². The molecule has 1 saturated heterocycles. The van der Waals surface area contributed by atoms with E-state index in [0.717, 1.165) is 29.3 Å². The van der Waals surface area contributed by atoms with E-state index in [1.807, 2.05) is 24.3 Å². The lowest BCUT2D eigenvalue weighted by Gasteiger charge is -2.32. The predicted molar refractivity (Wildman–Crippen MR) is 113 cm³/mol. The first-order valence-corrected chi connectivity index (χ1v) is 10.6. The summed E-state index contributed by atoms with van der Waals surface area (Å²) in [6.07, 6.45) is 4.25. The average molecular weight is 404 g/mol. The van der Waals surface area contributed by atoms with E-state index in [4.69, 9.17) is 0 Å². The first kappa shape index (κ1) is 18.9. The molecule has 2 aromatic rings. The van der Waals surface area contributed by atoms with Crippen LogP contribution in [-0.2, 0) is 9.59 Å². The van der Waals surface area contributed by atoms with Crippen LogP contribution >= 0.6 is 0 Å². The van der Waals surface area contributed by atoms with Gasteiger partial charge in [-0.15, -0.1) is 0 Å². The molecular weight excluding hydrogens is 380 g/mol. The largest absolute Gasteiger partial charge is 0.481 e. The molecule has 6 heteroatoms. The van der Waals surface area contributed by atoms with Crippen molar-refractivity contribution in [1.29, 1.82) is 0 Å². The Hall–Kier alpha value is -3.15. The van der Waals surface area contributed by atoms with Gasteiger partial charge in [0.2, 0.25) is 5.91 Å². The molecule has 1 atom stereocenters. The molecule has 2 amide bonds. The maximum Gasteiger partial charge on any atom is 0.306 e. The van der Waals surface area contributed by atoms with Crippen molar-refractivity contribution in [3.63, 3.8) is 0 Å². The van der Waals surface area contributed by atoms with Crippen molar-refractivity contribution < 1.29 is 19.5 Å². The Balaban J connectivity index is 1.53. The fraction of sp³-hybridized carbons (Fsp3) is 0.375. The van der Waals surface area contributed by atoms with Crippen molar-refractivity contribution >= 4 is 34.2 Å². The van der Waals surface area contributed by atoms with Crippen molar-refractivity contribution in [3.05, 3.63) is 53.7 Å². The summed E-state index contributed by atoms with van der Waals surface area (Å²) in [7, 11) is 0. The minimum atomic E-state index is -0.705. The zero-order valence-corrected chi connectivity index (χ0v) is 16.7. The molecule has 1 saturated carbocycles. The molecule has 1 aliphatic carbocycles. The fourth-order valence-corrected chi connectivity index (χ4v) is 5.35. The van der Waals surface area contributed by atoms with Gasteiger partial charge < -0.3 is 10.4 Å². The number of benzene rings is 2. The summed E-state index contributed by atoms with van der Waals surface area (Å²) in [5.74, 6) is -0.986. The number of allylic oxidation sites excluding steroid dienone is 1. The van der Waals surface area contributed by atoms with Gasteiger partial charge >= 0.3 is 5.97 Å². The third-order valence-corrected chi connectivity index (χ3v) is 6.91. The highest BCUT2D eigenvalue weighted by Crippen LogP contribution is 2.45. The lowest BCUT2D eigenvalue weighted by molar-refractivity contribution is -0.142. The molecule has 154 valence electrons. The molecule has 5 rings (SSSR count). The van der Waals surface area contributed by atoms with Crippen molar-refractivity contribution in [3.8, 4) is 0 Å². The van der Waals surface area contributed by atoms with Gasteiger partial charge in [0.1, 0.15) is 6.04 Å². The normalized spacial score (nSPS) is 26.2. The Morgan fingerprint density at radius 3 is 2.53 bits per heavy atom. The number of piperidine rings is 1. The number of nitrogens with zero attached hydrogens (tertiary/aromatic N) is 1. The molecule has 2 N–H and O–H groups in total. The van der Waals surface area contributed by atoms with Gasteiger partial charge in [-0.25, -0.2) is 0 Å². The van der Waals surface area contributed by atoms with Gasteiger partial charge in [-0.2, -0.15) is 0 Å². The van der Waals surface area contributed by atoms with E-state index in [9.17, 15) is 19.5 Å². The SMILES string of the molecule is C=C1CCC(N2C(=O)c3cccc4c3c2ccc4[C@H]2CC[C@@H](C(=O)O)CC2)C(=O)N1. The zero-order chi connectivity index (χ0) is 21.0. The Labute approximate surface area is 174 Å². The first-order valence-electron chi connectivity index (χ1n) is 10.6. The molecule has 30 heavy (non-hydrogen) atoms. The first-order chi connectivity index (χ1) is 14.5. The van der Waals surface area contributed by atoms with Crippen LogP contribution in [0.4, 0.5) is 5.69 Å². The van der Waals surface area contributed by atoms with Crippen LogP contribution in [0.3, 0.4) is 0 Å². The maximum atomic E-state index is 13.3. The van der Waals surface area contributed by atoms with Gasteiger partial charge in [-0.3, -0.25) is 19.3 Å². The molecule has 0 spiro atoms. The lowest BCUT2D eigenvalue weighted by Crippen LogP contribution is -2.51. The molecule has 2 fully saturated rings. The highest BCUT2D eigenvalue weighted by molar-refractivity contribution is 6.27. The van der Waals surface area contributed by atoms with E-state index in [-0.39, 0.29) is 23.7 Å². The average Bonchev–Trinajstić information content (AvgIpc) is 3.02. The number of nitrogens with one attached hydrogen (secondary N) is 1. The summed E-state index contributed by atoms with van der Waals surface area (Å²) in [4.78, 5) is 38.8. The summed E-state index contributed by atoms with van der Waals surface area (Å²) >= 11 is 0. The van der Waals surface area contributed by atoms with Crippen molar-refractivity contribution in [2.45, 2.75) is 50.5 Å². The van der Waals surface area contributed by atoms with Gasteiger partial charge in [0.25, 0.3) is 5.91 Å². The van der Waals surface area contributed by atoms with Crippen LogP contribution in [0.2, 0.25) is 0 Å². The van der Waals surface area contributed by atoms with Crippen LogP contribution in [0.25, 0.3) is 10.8 Å². The van der Waals surface area contributed by atoms with E-state index in [0.29, 0.717) is 36.9 Å². The summed E-state index contributed by atoms with van der Waals surface area (Å²) in [5, 5.41) is 14.0. The summed E-state index contributed by atoms with van der Waals surface area (Å²) in [5.41, 5.74) is 3.30. The van der Waals surface area contributed by atoms with Crippen LogP contribution in [0.15, 0.2) is 42.6 Å². The standard InChI is InChI=1S/C24H24N2O4/c1-13-5-11-20(22(27)25-13)26-19-12-10-16(14-6-8-15(9-7-14)24(29)30)17-3-2-4-18(21(17)19)23(26)28/h2-4,10,12,14-15,20H,1,5-9,11H2,(H,25,27)(H,29,30)/t14-,15+,20?. The van der Waals surface area contributed by atoms with Crippen LogP contribution in [0.5, 0.6) is 0 Å². The van der Waals surface area contributed by atoms with E-state index >= 15 is 0 Å². The second kappa shape index (κ2) is 6.97. The van der Waals surface area contributed by atoms with E-state index in [2.05, 4.69) is 18.0 Å².